The molecule has 0 aromatic carbocycles. The van der Waals surface area contributed by atoms with Crippen molar-refractivity contribution in [2.24, 2.45) is 11.8 Å². The Kier molecular flexibility index (Phi) is 2.62. The van der Waals surface area contributed by atoms with Gasteiger partial charge in [0, 0.05) is 11.8 Å². The molecule has 11 rings (SSSR count). The molecule has 10 heteroatoms. The summed E-state index contributed by atoms with van der Waals surface area (Å²) >= 11 is 0. The molecule has 7 fully saturated rings. The van der Waals surface area contributed by atoms with Gasteiger partial charge in [0.05, 0.1) is 12.1 Å². The molecule has 2 spiro atoms. The summed E-state index contributed by atoms with van der Waals surface area (Å²) in [5.74, 6) is 0.249. The molecule has 0 radical (unpaired) electrons. The molecule has 6 bridgehead atoms. The van der Waals surface area contributed by atoms with Crippen molar-refractivity contribution in [2.75, 3.05) is 0 Å². The van der Waals surface area contributed by atoms with Gasteiger partial charge in [-0.2, -0.15) is 0 Å². The van der Waals surface area contributed by atoms with Crippen LogP contribution in [-0.2, 0) is 29.1 Å². The van der Waals surface area contributed by atoms with Crippen LogP contribution < -0.4 is 0 Å². The third kappa shape index (κ3) is 1.43. The van der Waals surface area contributed by atoms with Gasteiger partial charge in [-0.1, -0.05) is 45.9 Å². The second-order valence-electron chi connectivity index (χ2n) is 8.82. The lowest BCUT2D eigenvalue weighted by Crippen LogP contribution is -2.77. The first-order chi connectivity index (χ1) is 13.6. The smallest absolute Gasteiger partial charge is 0.261 e. The lowest BCUT2D eigenvalue weighted by Gasteiger charge is -2.59. The highest BCUT2D eigenvalue weighted by Crippen LogP contribution is 2.71. The largest absolute Gasteiger partial charge is 0.309 e. The van der Waals surface area contributed by atoms with Crippen molar-refractivity contribution in [1.82, 2.24) is 9.80 Å². The van der Waals surface area contributed by atoms with Crippen LogP contribution in [0.2, 0.25) is 0 Å². The van der Waals surface area contributed by atoms with E-state index >= 15 is 0 Å². The van der Waals surface area contributed by atoms with Crippen LogP contribution in [0, 0.1) is 11.8 Å². The van der Waals surface area contributed by atoms with Gasteiger partial charge >= 0.3 is 0 Å². The van der Waals surface area contributed by atoms with Crippen molar-refractivity contribution in [3.8, 4) is 0 Å². The SMILES string of the molecule is O=C1N2[C@H]3[C@@H](C[C@@]24SS[C@@]12C[C@@H]1[C@@H]([C@@H]5C=C[C@H]1OO5)N2C4=O)[C@H]1C=C[C@@H]3OO1. The lowest BCUT2D eigenvalue weighted by molar-refractivity contribution is -0.382. The number of hydrogen-bond donors (Lipinski definition) is 0. The molecule has 0 saturated carbocycles. The monoisotopic (exact) mass is 420 g/mol. The Morgan fingerprint density at radius 1 is 0.714 bits per heavy atom. The minimum absolute atomic E-state index is 0.0432. The van der Waals surface area contributed by atoms with Crippen molar-refractivity contribution >= 4 is 33.4 Å². The molecule has 8 nitrogen and oxygen atoms in total. The molecule has 11 aliphatic rings. The summed E-state index contributed by atoms with van der Waals surface area (Å²) in [7, 11) is 3.13. The molecule has 9 aliphatic heterocycles. The average molecular weight is 420 g/mol. The maximum absolute atomic E-state index is 14.0. The van der Waals surface area contributed by atoms with Crippen LogP contribution in [0.15, 0.2) is 24.3 Å². The Balaban J connectivity index is 1.30. The average Bonchev–Trinajstić information content (AvgIpc) is 3.30. The minimum Gasteiger partial charge on any atom is -0.309 e. The summed E-state index contributed by atoms with van der Waals surface area (Å²) in [6, 6.07) is -0.282. The molecule has 7 saturated heterocycles. The quantitative estimate of drug-likeness (QED) is 0.323. The van der Waals surface area contributed by atoms with E-state index in [1.807, 2.05) is 34.1 Å². The first-order valence-corrected chi connectivity index (χ1v) is 11.8. The highest BCUT2D eigenvalue weighted by molar-refractivity contribution is 8.78. The predicted octanol–water partition coefficient (Wildman–Crippen LogP) is 0.759. The molecule has 2 amide bonds. The Bertz CT molecular complexity index is 841. The molecule has 9 heterocycles. The van der Waals surface area contributed by atoms with Gasteiger partial charge in [-0.3, -0.25) is 9.59 Å². The zero-order valence-corrected chi connectivity index (χ0v) is 16.1. The normalized spacial score (nSPS) is 59.0. The molecular formula is C18H16N2O6S2. The molecular weight excluding hydrogens is 404 g/mol. The standard InChI is InChI=1S/C18H16N2O6S2/c21-15-17-5-7-9-1-3-11(25-23-9)13(7)19(17)16(22)18(28-27-17)6-8-10-2-4-12(26-24-10)14(8)20(15)18/h1-4,7-14H,5-6H2/t7-,8-,9+,10+,11-,12-,13-,14-,17-,18-/m0/s1. The van der Waals surface area contributed by atoms with E-state index in [-0.39, 0.29) is 60.1 Å². The number of fused-ring (bicyclic) bond motifs is 3. The topological polar surface area (TPSA) is 77.5 Å². The number of amides is 2. The predicted molar refractivity (Wildman–Crippen MR) is 95.9 cm³/mol. The number of carbonyl (C=O) groups is 2. The number of piperazine rings is 1. The fourth-order valence-electron chi connectivity index (χ4n) is 6.65. The highest BCUT2D eigenvalue weighted by atomic mass is 33.1. The molecule has 10 atom stereocenters. The third-order valence-corrected chi connectivity index (χ3v) is 11.4. The van der Waals surface area contributed by atoms with Crippen molar-refractivity contribution in [3.05, 3.63) is 24.3 Å². The first kappa shape index (κ1) is 15.8. The number of nitrogens with zero attached hydrogens (tertiary/aromatic N) is 2. The van der Waals surface area contributed by atoms with E-state index in [1.54, 1.807) is 21.6 Å². The second kappa shape index (κ2) is 4.65. The van der Waals surface area contributed by atoms with Crippen LogP contribution in [-0.4, -0.2) is 67.9 Å². The number of hydrogen-bond acceptors (Lipinski definition) is 8. The van der Waals surface area contributed by atoms with Crippen molar-refractivity contribution in [2.45, 2.75) is 59.1 Å². The maximum atomic E-state index is 14.0. The van der Waals surface area contributed by atoms with Crippen molar-refractivity contribution in [3.63, 3.8) is 0 Å². The Morgan fingerprint density at radius 2 is 1.11 bits per heavy atom. The fourth-order valence-corrected chi connectivity index (χ4v) is 10.5. The van der Waals surface area contributed by atoms with Gasteiger partial charge in [0.1, 0.15) is 24.4 Å². The van der Waals surface area contributed by atoms with Gasteiger partial charge in [-0.15, -0.1) is 0 Å². The van der Waals surface area contributed by atoms with E-state index in [4.69, 9.17) is 19.6 Å². The number of carbonyl (C=O) groups excluding carboxylic acids is 2. The zero-order valence-electron chi connectivity index (χ0n) is 14.5. The molecule has 0 aromatic heterocycles. The van der Waals surface area contributed by atoms with Crippen molar-refractivity contribution in [1.29, 1.82) is 0 Å². The van der Waals surface area contributed by atoms with Gasteiger partial charge in [-0.25, -0.2) is 19.6 Å². The van der Waals surface area contributed by atoms with Gasteiger partial charge in [0.25, 0.3) is 11.8 Å². The van der Waals surface area contributed by atoms with Crippen molar-refractivity contribution < 1.29 is 29.1 Å². The molecule has 0 N–H and O–H groups in total. The maximum Gasteiger partial charge on any atom is 0.261 e. The van der Waals surface area contributed by atoms with E-state index in [1.165, 1.54) is 0 Å². The molecule has 0 unspecified atom stereocenters. The summed E-state index contributed by atoms with van der Waals surface area (Å²) < 4.78 is 0. The Hall–Kier alpha value is -1.04. The van der Waals surface area contributed by atoms with Gasteiger partial charge < -0.3 is 9.80 Å². The van der Waals surface area contributed by atoms with Crippen LogP contribution in [0.4, 0.5) is 0 Å². The van der Waals surface area contributed by atoms with E-state index in [0.717, 1.165) is 0 Å². The van der Waals surface area contributed by atoms with E-state index in [9.17, 15) is 9.59 Å². The van der Waals surface area contributed by atoms with E-state index in [0.29, 0.717) is 12.8 Å². The summed E-state index contributed by atoms with van der Waals surface area (Å²) in [4.78, 5) is 51.9. The van der Waals surface area contributed by atoms with Gasteiger partial charge in [0.15, 0.2) is 9.74 Å². The number of rotatable bonds is 0. The zero-order chi connectivity index (χ0) is 18.4. The van der Waals surface area contributed by atoms with Gasteiger partial charge in [-0.05, 0) is 12.8 Å². The van der Waals surface area contributed by atoms with Crippen LogP contribution in [0.3, 0.4) is 0 Å². The van der Waals surface area contributed by atoms with Gasteiger partial charge in [0.2, 0.25) is 0 Å². The summed E-state index contributed by atoms with van der Waals surface area (Å²) in [5, 5.41) is 0. The Labute approximate surface area is 167 Å². The summed E-state index contributed by atoms with van der Waals surface area (Å²) in [6.07, 6.45) is 8.13. The molecule has 0 aromatic rings. The van der Waals surface area contributed by atoms with E-state index in [2.05, 4.69) is 0 Å². The second-order valence-corrected chi connectivity index (χ2v) is 11.5. The first-order valence-electron chi connectivity index (χ1n) is 9.69. The molecule has 146 valence electrons. The van der Waals surface area contributed by atoms with Crippen LogP contribution >= 0.6 is 21.6 Å². The molecule has 2 aliphatic carbocycles. The fraction of sp³-hybridized carbons (Fsp3) is 0.667. The van der Waals surface area contributed by atoms with E-state index < -0.39 is 9.74 Å². The minimum atomic E-state index is -0.880. The van der Waals surface area contributed by atoms with Crippen LogP contribution in [0.1, 0.15) is 12.8 Å². The Morgan fingerprint density at radius 3 is 1.50 bits per heavy atom. The summed E-state index contributed by atoms with van der Waals surface area (Å²) in [5.41, 5.74) is 0. The molecule has 28 heavy (non-hydrogen) atoms. The van der Waals surface area contributed by atoms with Crippen LogP contribution in [0.25, 0.3) is 0 Å². The highest BCUT2D eigenvalue weighted by Gasteiger charge is 2.80. The third-order valence-electron chi connectivity index (χ3n) is 7.75. The lowest BCUT2D eigenvalue weighted by atomic mass is 9.83. The van der Waals surface area contributed by atoms with Crippen LogP contribution in [0.5, 0.6) is 0 Å². The summed E-state index contributed by atoms with van der Waals surface area (Å²) in [6.45, 7) is 0.